The van der Waals surface area contributed by atoms with Crippen molar-refractivity contribution in [2.24, 2.45) is 0 Å². The molecule has 1 aromatic heterocycles. The van der Waals surface area contributed by atoms with Gasteiger partial charge in [-0.3, -0.25) is 15.2 Å². The van der Waals surface area contributed by atoms with E-state index in [1.54, 1.807) is 0 Å². The van der Waals surface area contributed by atoms with E-state index < -0.39 is 14.9 Å². The van der Waals surface area contributed by atoms with Crippen LogP contribution in [0.2, 0.25) is 0 Å². The van der Waals surface area contributed by atoms with Gasteiger partial charge in [0, 0.05) is 19.2 Å². The van der Waals surface area contributed by atoms with Crippen molar-refractivity contribution in [3.05, 3.63) is 40.5 Å². The Hall–Kier alpha value is -2.53. The Kier molecular flexibility index (Phi) is 4.14. The predicted molar refractivity (Wildman–Crippen MR) is 73.1 cm³/mol. The number of benzene rings is 1. The zero-order chi connectivity index (χ0) is 15.5. The fourth-order valence-corrected chi connectivity index (χ4v) is 2.80. The number of hydrogen-bond donors (Lipinski definition) is 3. The van der Waals surface area contributed by atoms with Crippen molar-refractivity contribution in [3.8, 4) is 0 Å². The molecule has 0 aliphatic rings. The van der Waals surface area contributed by atoms with Crippen LogP contribution in [0.15, 0.2) is 29.4 Å². The Labute approximate surface area is 119 Å². The van der Waals surface area contributed by atoms with Crippen molar-refractivity contribution in [1.29, 1.82) is 0 Å². The third-order valence-electron chi connectivity index (χ3n) is 2.63. The van der Waals surface area contributed by atoms with E-state index in [2.05, 4.69) is 25.2 Å². The van der Waals surface area contributed by atoms with Crippen molar-refractivity contribution >= 4 is 21.4 Å². The highest BCUT2D eigenvalue weighted by molar-refractivity contribution is 7.89. The van der Waals surface area contributed by atoms with Gasteiger partial charge in [-0.05, 0) is 6.07 Å². The second-order valence-electron chi connectivity index (χ2n) is 3.94. The lowest BCUT2D eigenvalue weighted by Gasteiger charge is -2.10. The van der Waals surface area contributed by atoms with Gasteiger partial charge in [-0.25, -0.2) is 18.1 Å². The van der Waals surface area contributed by atoms with Crippen LogP contribution in [0, 0.1) is 10.1 Å². The molecule has 0 aliphatic heterocycles. The maximum atomic E-state index is 12.2. The van der Waals surface area contributed by atoms with Crippen LogP contribution < -0.4 is 10.0 Å². The molecule has 0 saturated carbocycles. The molecule has 11 heteroatoms. The number of nitrogens with zero attached hydrogens (tertiary/aromatic N) is 3. The van der Waals surface area contributed by atoms with Gasteiger partial charge in [-0.1, -0.05) is 0 Å². The topological polar surface area (TPSA) is 143 Å². The molecule has 0 spiro atoms. The number of nitro groups is 1. The molecule has 0 bridgehead atoms. The van der Waals surface area contributed by atoms with Crippen molar-refractivity contribution in [2.45, 2.75) is 11.4 Å². The van der Waals surface area contributed by atoms with Gasteiger partial charge in [0.1, 0.15) is 17.0 Å². The van der Waals surface area contributed by atoms with Gasteiger partial charge in [0.05, 0.1) is 17.2 Å². The lowest BCUT2D eigenvalue weighted by atomic mass is 10.3. The summed E-state index contributed by atoms with van der Waals surface area (Å²) in [6, 6.07) is 3.46. The maximum absolute atomic E-state index is 12.2. The summed E-state index contributed by atoms with van der Waals surface area (Å²) in [5.41, 5.74) is -0.0668. The molecular weight excluding hydrogens is 300 g/mol. The van der Waals surface area contributed by atoms with E-state index in [9.17, 15) is 18.5 Å². The molecule has 21 heavy (non-hydrogen) atoms. The van der Waals surface area contributed by atoms with Gasteiger partial charge < -0.3 is 5.32 Å². The monoisotopic (exact) mass is 312 g/mol. The summed E-state index contributed by atoms with van der Waals surface area (Å²) in [7, 11) is -2.36. The van der Waals surface area contributed by atoms with E-state index in [1.165, 1.54) is 19.4 Å². The maximum Gasteiger partial charge on any atom is 0.271 e. The molecule has 1 heterocycles. The first kappa shape index (κ1) is 14.9. The molecule has 0 amide bonds. The minimum atomic E-state index is -3.84. The largest absolute Gasteiger partial charge is 0.387 e. The van der Waals surface area contributed by atoms with E-state index in [-0.39, 0.29) is 22.8 Å². The second kappa shape index (κ2) is 5.85. The average molecular weight is 312 g/mol. The number of anilines is 1. The fourth-order valence-electron chi connectivity index (χ4n) is 1.62. The van der Waals surface area contributed by atoms with E-state index in [1.807, 2.05) is 0 Å². The Morgan fingerprint density at radius 1 is 1.43 bits per heavy atom. The molecule has 10 nitrogen and oxygen atoms in total. The fraction of sp³-hybridized carbons (Fsp3) is 0.200. The number of nitrogens with one attached hydrogen (secondary N) is 3. The Bertz CT molecular complexity index is 743. The van der Waals surface area contributed by atoms with Crippen LogP contribution in [0.4, 0.5) is 11.4 Å². The summed E-state index contributed by atoms with van der Waals surface area (Å²) < 4.78 is 26.7. The molecule has 0 radical (unpaired) electrons. The van der Waals surface area contributed by atoms with Crippen LogP contribution in [-0.2, 0) is 16.6 Å². The first-order chi connectivity index (χ1) is 9.94. The van der Waals surface area contributed by atoms with Crippen molar-refractivity contribution in [1.82, 2.24) is 19.9 Å². The minimum absolute atomic E-state index is 0.0670. The third kappa shape index (κ3) is 3.32. The van der Waals surface area contributed by atoms with Gasteiger partial charge >= 0.3 is 0 Å². The number of nitro benzene ring substituents is 1. The quantitative estimate of drug-likeness (QED) is 0.511. The Morgan fingerprint density at radius 3 is 2.76 bits per heavy atom. The summed E-state index contributed by atoms with van der Waals surface area (Å²) in [6.45, 7) is -0.0670. The number of non-ortho nitro benzene ring substituents is 1. The summed E-state index contributed by atoms with van der Waals surface area (Å²) in [5, 5.41) is 19.5. The van der Waals surface area contributed by atoms with Crippen LogP contribution in [0.5, 0.6) is 0 Å². The van der Waals surface area contributed by atoms with Crippen LogP contribution in [0.1, 0.15) is 5.82 Å². The molecular formula is C10H12N6O4S. The number of H-pyrrole nitrogens is 1. The summed E-state index contributed by atoms with van der Waals surface area (Å²) in [5.74, 6) is 0.353. The van der Waals surface area contributed by atoms with Crippen molar-refractivity contribution in [3.63, 3.8) is 0 Å². The number of aromatic nitrogens is 3. The van der Waals surface area contributed by atoms with E-state index in [0.717, 1.165) is 12.1 Å². The molecule has 2 rings (SSSR count). The van der Waals surface area contributed by atoms with Gasteiger partial charge in [-0.2, -0.15) is 5.10 Å². The molecule has 0 fully saturated rings. The summed E-state index contributed by atoms with van der Waals surface area (Å²) in [4.78, 5) is 13.8. The van der Waals surface area contributed by atoms with E-state index in [4.69, 9.17) is 0 Å². The Balaban J connectivity index is 2.28. The first-order valence-corrected chi connectivity index (χ1v) is 7.22. The third-order valence-corrected chi connectivity index (χ3v) is 4.09. The summed E-state index contributed by atoms with van der Waals surface area (Å²) >= 11 is 0. The number of rotatable bonds is 6. The number of aromatic amines is 1. The van der Waals surface area contributed by atoms with Gasteiger partial charge in [0.2, 0.25) is 10.0 Å². The molecule has 2 aromatic rings. The molecule has 0 atom stereocenters. The zero-order valence-electron chi connectivity index (χ0n) is 10.9. The van der Waals surface area contributed by atoms with Gasteiger partial charge in [0.15, 0.2) is 0 Å². The summed E-state index contributed by atoms with van der Waals surface area (Å²) in [6.07, 6.45) is 1.26. The zero-order valence-corrected chi connectivity index (χ0v) is 11.7. The molecule has 3 N–H and O–H groups in total. The lowest BCUT2D eigenvalue weighted by molar-refractivity contribution is -0.384. The molecule has 112 valence electrons. The molecule has 1 aromatic carbocycles. The van der Waals surface area contributed by atoms with Crippen LogP contribution in [0.25, 0.3) is 0 Å². The van der Waals surface area contributed by atoms with Crippen molar-refractivity contribution in [2.75, 3.05) is 12.4 Å². The van der Waals surface area contributed by atoms with Crippen molar-refractivity contribution < 1.29 is 13.3 Å². The standard InChI is InChI=1S/C10H12N6O4S/c1-11-8-4-7(16(17)18)2-3-9(8)21(19,20)14-5-10-12-6-13-15-10/h2-4,6,11,14H,5H2,1H3,(H,12,13,15). The number of hydrogen-bond acceptors (Lipinski definition) is 7. The first-order valence-electron chi connectivity index (χ1n) is 5.74. The molecule has 0 aliphatic carbocycles. The molecule has 0 unspecified atom stereocenters. The SMILES string of the molecule is CNc1cc([N+](=O)[O-])ccc1S(=O)(=O)NCc1ncn[nH]1. The van der Waals surface area contributed by atoms with Gasteiger partial charge in [0.25, 0.3) is 5.69 Å². The highest BCUT2D eigenvalue weighted by Gasteiger charge is 2.21. The highest BCUT2D eigenvalue weighted by atomic mass is 32.2. The van der Waals surface area contributed by atoms with Crippen LogP contribution in [0.3, 0.4) is 0 Å². The smallest absolute Gasteiger partial charge is 0.271 e. The van der Waals surface area contributed by atoms with Crippen LogP contribution >= 0.6 is 0 Å². The highest BCUT2D eigenvalue weighted by Crippen LogP contribution is 2.25. The minimum Gasteiger partial charge on any atom is -0.387 e. The van der Waals surface area contributed by atoms with E-state index >= 15 is 0 Å². The second-order valence-corrected chi connectivity index (χ2v) is 5.68. The number of sulfonamides is 1. The predicted octanol–water partition coefficient (Wildman–Crippen LogP) is 0.233. The average Bonchev–Trinajstić information content (AvgIpc) is 2.97. The molecule has 0 saturated heterocycles. The Morgan fingerprint density at radius 2 is 2.19 bits per heavy atom. The lowest BCUT2D eigenvalue weighted by Crippen LogP contribution is -2.24. The van der Waals surface area contributed by atoms with Gasteiger partial charge in [-0.15, -0.1) is 0 Å². The van der Waals surface area contributed by atoms with Crippen LogP contribution in [-0.4, -0.2) is 35.6 Å². The normalized spacial score (nSPS) is 11.3. The van der Waals surface area contributed by atoms with E-state index in [0.29, 0.717) is 5.82 Å².